The molecule has 1 aliphatic rings. The number of hydrogen-bond acceptors (Lipinski definition) is 0. The van der Waals surface area contributed by atoms with Crippen molar-refractivity contribution < 1.29 is 0 Å². The molecule has 0 radical (unpaired) electrons. The van der Waals surface area contributed by atoms with E-state index in [2.05, 4.69) is 84.9 Å². The molecule has 0 N–H and O–H groups in total. The Hall–Kier alpha value is 0.189. The molecule has 1 atom stereocenters. The van der Waals surface area contributed by atoms with Crippen LogP contribution in [0.5, 0.6) is 0 Å². The molecule has 1 aliphatic carbocycles. The van der Waals surface area contributed by atoms with Crippen LogP contribution in [0.15, 0.2) is 30.3 Å². The van der Waals surface area contributed by atoms with Gasteiger partial charge < -0.3 is 0 Å². The first-order chi connectivity index (χ1) is 13.9. The number of fused-ring (bicyclic) bond motifs is 1. The van der Waals surface area contributed by atoms with Crippen molar-refractivity contribution in [1.82, 2.24) is 0 Å². The number of hydrogen-bond donors (Lipinski definition) is 0. The fourth-order valence-electron chi connectivity index (χ4n) is 6.15. The van der Waals surface area contributed by atoms with Crippen LogP contribution in [0.25, 0.3) is 6.08 Å². The monoisotopic (exact) mass is 522 g/mol. The van der Waals surface area contributed by atoms with Crippen molar-refractivity contribution in [1.29, 1.82) is 0 Å². The zero-order valence-electron chi connectivity index (χ0n) is 20.4. The van der Waals surface area contributed by atoms with Crippen LogP contribution < -0.4 is 0 Å². The van der Waals surface area contributed by atoms with Crippen LogP contribution in [-0.4, -0.2) is 29.7 Å². The molecular formula is C27H47PSn. The average Bonchev–Trinajstić information content (AvgIpc) is 3.08. The van der Waals surface area contributed by atoms with Crippen LogP contribution >= 0.6 is 7.92 Å². The van der Waals surface area contributed by atoms with Gasteiger partial charge in [-0.3, -0.25) is 0 Å². The second-order valence-corrected chi connectivity index (χ2v) is 28.5. The summed E-state index contributed by atoms with van der Waals surface area (Å²) in [5, 5.41) is 0. The predicted molar refractivity (Wildman–Crippen MR) is 139 cm³/mol. The van der Waals surface area contributed by atoms with E-state index < -0.39 is 18.4 Å². The molecule has 0 fully saturated rings. The molecule has 0 saturated carbocycles. The normalized spacial score (nSPS) is 19.0. The Labute approximate surface area is 188 Å². The topological polar surface area (TPSA) is 0 Å². The van der Waals surface area contributed by atoms with Gasteiger partial charge in [-0.05, 0) is 0 Å². The van der Waals surface area contributed by atoms with Crippen molar-refractivity contribution in [2.45, 2.75) is 115 Å². The van der Waals surface area contributed by atoms with Gasteiger partial charge in [-0.2, -0.15) is 0 Å². The number of allylic oxidation sites excluding steroid dienone is 1. The van der Waals surface area contributed by atoms with Crippen molar-refractivity contribution in [3.8, 4) is 0 Å². The third-order valence-corrected chi connectivity index (χ3v) is 33.1. The van der Waals surface area contributed by atoms with Gasteiger partial charge >= 0.3 is 189 Å². The summed E-state index contributed by atoms with van der Waals surface area (Å²) >= 11 is -2.58. The van der Waals surface area contributed by atoms with Gasteiger partial charge in [0.15, 0.2) is 0 Å². The summed E-state index contributed by atoms with van der Waals surface area (Å²) in [5.74, 6) is 0. The quantitative estimate of drug-likeness (QED) is 0.179. The number of rotatable bonds is 13. The maximum atomic E-state index is 2.82. The first kappa shape index (κ1) is 25.4. The molecule has 2 heteroatoms. The molecule has 0 aliphatic heterocycles. The Balaban J connectivity index is 2.78. The molecule has 0 amide bonds. The van der Waals surface area contributed by atoms with Gasteiger partial charge in [-0.25, -0.2) is 0 Å². The summed E-state index contributed by atoms with van der Waals surface area (Å²) < 4.78 is 5.24. The van der Waals surface area contributed by atoms with E-state index in [0.717, 1.165) is 11.3 Å². The van der Waals surface area contributed by atoms with E-state index in [1.54, 1.807) is 24.4 Å². The average molecular weight is 521 g/mol. The molecule has 0 bridgehead atoms. The van der Waals surface area contributed by atoms with Gasteiger partial charge in [0.05, 0.1) is 0 Å². The molecular weight excluding hydrogens is 474 g/mol. The summed E-state index contributed by atoms with van der Waals surface area (Å²) in [4.78, 5) is 0. The number of benzene rings is 1. The zero-order valence-corrected chi connectivity index (χ0v) is 24.2. The van der Waals surface area contributed by atoms with Gasteiger partial charge in [0, 0.05) is 0 Å². The summed E-state index contributed by atoms with van der Waals surface area (Å²) in [6, 6.07) is 9.54. The summed E-state index contributed by atoms with van der Waals surface area (Å²) in [6.07, 6.45) is 13.8. The number of unbranched alkanes of at least 4 members (excludes halogenated alkanes) is 3. The van der Waals surface area contributed by atoms with Gasteiger partial charge in [0.1, 0.15) is 0 Å². The van der Waals surface area contributed by atoms with Crippen molar-refractivity contribution in [2.24, 2.45) is 0 Å². The molecule has 1 aromatic rings. The maximum absolute atomic E-state index is 2.82. The summed E-state index contributed by atoms with van der Waals surface area (Å²) in [5.41, 5.74) is 4.89. The van der Waals surface area contributed by atoms with Crippen LogP contribution in [0.4, 0.5) is 0 Å². The molecule has 0 spiro atoms. The molecule has 29 heavy (non-hydrogen) atoms. The SMILES string of the molecule is CCC[CH2][Sn]([CH2]CCC)([CH2]CCC)[C]1(P(C(C)C)C(C)C)C=Cc2ccccc21. The van der Waals surface area contributed by atoms with Crippen molar-refractivity contribution >= 4 is 32.4 Å². The van der Waals surface area contributed by atoms with Crippen LogP contribution in [0.2, 0.25) is 13.3 Å². The van der Waals surface area contributed by atoms with E-state index in [1.807, 2.05) is 0 Å². The Morgan fingerprint density at radius 1 is 0.793 bits per heavy atom. The molecule has 1 aromatic carbocycles. The molecule has 1 unspecified atom stereocenters. The Morgan fingerprint density at radius 3 is 1.72 bits per heavy atom. The Morgan fingerprint density at radius 2 is 1.28 bits per heavy atom. The standard InChI is InChI=1S/C15H20P.3C4H9.Sn/c1-11(2)16(12(3)4)15-10-9-13-7-5-6-8-14(13)15;3*1-3-4-2;/h5-12H,1-4H3;3*1,3-4H2,2H3;. The minimum atomic E-state index is -2.58. The van der Waals surface area contributed by atoms with Crippen molar-refractivity contribution in [2.75, 3.05) is 0 Å². The predicted octanol–water partition coefficient (Wildman–Crippen LogP) is 9.60. The van der Waals surface area contributed by atoms with Gasteiger partial charge in [-0.1, -0.05) is 0 Å². The van der Waals surface area contributed by atoms with Gasteiger partial charge in [-0.15, -0.1) is 0 Å². The van der Waals surface area contributed by atoms with Gasteiger partial charge in [0.2, 0.25) is 0 Å². The van der Waals surface area contributed by atoms with E-state index in [4.69, 9.17) is 0 Å². The Kier molecular flexibility index (Phi) is 10.3. The van der Waals surface area contributed by atoms with Crippen LogP contribution in [0, 0.1) is 0 Å². The molecule has 0 heterocycles. The van der Waals surface area contributed by atoms with E-state index in [0.29, 0.717) is 3.17 Å². The third kappa shape index (κ3) is 5.16. The molecule has 0 saturated heterocycles. The fourth-order valence-corrected chi connectivity index (χ4v) is 39.4. The molecule has 0 nitrogen and oxygen atoms in total. The van der Waals surface area contributed by atoms with E-state index in [1.165, 1.54) is 38.5 Å². The summed E-state index contributed by atoms with van der Waals surface area (Å²) in [7, 11) is -0.0817. The minimum absolute atomic E-state index is 0.0817. The zero-order chi connectivity index (χ0) is 21.5. The van der Waals surface area contributed by atoms with Crippen LogP contribution in [-0.2, 0) is 3.17 Å². The second kappa shape index (κ2) is 11.7. The van der Waals surface area contributed by atoms with Gasteiger partial charge in [0.25, 0.3) is 0 Å². The van der Waals surface area contributed by atoms with E-state index in [-0.39, 0.29) is 7.92 Å². The van der Waals surface area contributed by atoms with Crippen molar-refractivity contribution in [3.63, 3.8) is 0 Å². The van der Waals surface area contributed by atoms with Crippen molar-refractivity contribution in [3.05, 3.63) is 41.5 Å². The molecule has 164 valence electrons. The third-order valence-electron chi connectivity index (χ3n) is 7.23. The molecule has 0 aromatic heterocycles. The Bertz CT molecular complexity index is 618. The second-order valence-electron chi connectivity index (χ2n) is 9.87. The van der Waals surface area contributed by atoms with Crippen LogP contribution in [0.3, 0.4) is 0 Å². The first-order valence-corrected chi connectivity index (χ1v) is 21.4. The van der Waals surface area contributed by atoms with E-state index >= 15 is 0 Å². The summed E-state index contributed by atoms with van der Waals surface area (Å²) in [6.45, 7) is 17.4. The molecule has 2 rings (SSSR count). The van der Waals surface area contributed by atoms with E-state index in [9.17, 15) is 0 Å². The fraction of sp³-hybridized carbons (Fsp3) is 0.704. The first-order valence-electron chi connectivity index (χ1n) is 12.5. The van der Waals surface area contributed by atoms with Crippen LogP contribution in [0.1, 0.15) is 98.1 Å².